The van der Waals surface area contributed by atoms with E-state index in [-0.39, 0.29) is 10.6 Å². The Morgan fingerprint density at radius 1 is 1.40 bits per heavy atom. The van der Waals surface area contributed by atoms with Gasteiger partial charge < -0.3 is 10.1 Å². The van der Waals surface area contributed by atoms with Gasteiger partial charge in [-0.1, -0.05) is 6.07 Å². The highest BCUT2D eigenvalue weighted by atomic mass is 79.9. The van der Waals surface area contributed by atoms with E-state index in [0.29, 0.717) is 18.7 Å². The molecule has 82 valence electrons. The van der Waals surface area contributed by atoms with Gasteiger partial charge in [-0.25, -0.2) is 8.78 Å². The maximum atomic E-state index is 13.7. The first-order valence-corrected chi connectivity index (χ1v) is 5.45. The van der Waals surface area contributed by atoms with Crippen LogP contribution in [-0.4, -0.2) is 19.7 Å². The van der Waals surface area contributed by atoms with E-state index in [9.17, 15) is 8.78 Å². The van der Waals surface area contributed by atoms with Gasteiger partial charge in [-0.05, 0) is 22.0 Å². The fourth-order valence-electron chi connectivity index (χ4n) is 1.55. The van der Waals surface area contributed by atoms with Crippen molar-refractivity contribution in [2.24, 2.45) is 0 Å². The van der Waals surface area contributed by atoms with Crippen molar-refractivity contribution in [1.82, 2.24) is 5.32 Å². The molecule has 1 atom stereocenters. The van der Waals surface area contributed by atoms with Gasteiger partial charge in [-0.15, -0.1) is 0 Å². The monoisotopic (exact) mass is 277 g/mol. The number of morpholine rings is 1. The number of hydrogen-bond donors (Lipinski definition) is 1. The molecular formula is C10H10BrF2NO. The van der Waals surface area contributed by atoms with Crippen LogP contribution in [0.1, 0.15) is 11.7 Å². The van der Waals surface area contributed by atoms with Crippen LogP contribution >= 0.6 is 15.9 Å². The zero-order valence-electron chi connectivity index (χ0n) is 7.90. The summed E-state index contributed by atoms with van der Waals surface area (Å²) in [7, 11) is 0. The van der Waals surface area contributed by atoms with Crippen molar-refractivity contribution >= 4 is 15.9 Å². The van der Waals surface area contributed by atoms with Crippen molar-refractivity contribution in [3.63, 3.8) is 0 Å². The van der Waals surface area contributed by atoms with Crippen molar-refractivity contribution < 1.29 is 13.5 Å². The molecule has 0 spiro atoms. The molecule has 1 fully saturated rings. The Labute approximate surface area is 94.7 Å². The molecule has 0 bridgehead atoms. The standard InChI is InChI=1S/C10H10BrF2NO/c11-9-7(12)2-1-6(10(9)13)8-5-14-3-4-15-8/h1-2,8,14H,3-5H2. The Kier molecular flexibility index (Phi) is 3.33. The summed E-state index contributed by atoms with van der Waals surface area (Å²) in [6, 6.07) is 2.66. The van der Waals surface area contributed by atoms with Crippen LogP contribution in [0.4, 0.5) is 8.78 Å². The minimum absolute atomic E-state index is 0.130. The average molecular weight is 278 g/mol. The number of benzene rings is 1. The lowest BCUT2D eigenvalue weighted by Crippen LogP contribution is -2.33. The zero-order chi connectivity index (χ0) is 10.8. The molecule has 5 heteroatoms. The van der Waals surface area contributed by atoms with Gasteiger partial charge in [-0.2, -0.15) is 0 Å². The van der Waals surface area contributed by atoms with Gasteiger partial charge in [0.05, 0.1) is 17.2 Å². The molecule has 1 aromatic rings. The van der Waals surface area contributed by atoms with Gasteiger partial charge in [0, 0.05) is 18.7 Å². The molecule has 0 amide bonds. The van der Waals surface area contributed by atoms with E-state index in [0.717, 1.165) is 6.54 Å². The lowest BCUT2D eigenvalue weighted by Gasteiger charge is -2.24. The van der Waals surface area contributed by atoms with Gasteiger partial charge in [0.25, 0.3) is 0 Å². The molecule has 1 saturated heterocycles. The third-order valence-corrected chi connectivity index (χ3v) is 3.07. The molecule has 0 saturated carbocycles. The van der Waals surface area contributed by atoms with Crippen molar-refractivity contribution in [2.75, 3.05) is 19.7 Å². The first kappa shape index (κ1) is 11.0. The second-order valence-electron chi connectivity index (χ2n) is 3.33. The van der Waals surface area contributed by atoms with E-state index < -0.39 is 11.6 Å². The minimum atomic E-state index is -0.597. The largest absolute Gasteiger partial charge is 0.371 e. The third kappa shape index (κ3) is 2.19. The van der Waals surface area contributed by atoms with Crippen LogP contribution in [0.3, 0.4) is 0 Å². The Morgan fingerprint density at radius 3 is 2.87 bits per heavy atom. The van der Waals surface area contributed by atoms with E-state index >= 15 is 0 Å². The molecule has 2 nitrogen and oxygen atoms in total. The van der Waals surface area contributed by atoms with E-state index in [1.165, 1.54) is 12.1 Å². The van der Waals surface area contributed by atoms with E-state index in [1.54, 1.807) is 0 Å². The number of rotatable bonds is 1. The van der Waals surface area contributed by atoms with Gasteiger partial charge in [0.1, 0.15) is 11.6 Å². The van der Waals surface area contributed by atoms with E-state index in [1.807, 2.05) is 0 Å². The summed E-state index contributed by atoms with van der Waals surface area (Å²) in [5.41, 5.74) is 0.385. The van der Waals surface area contributed by atoms with E-state index in [2.05, 4.69) is 21.2 Å². The number of ether oxygens (including phenoxy) is 1. The van der Waals surface area contributed by atoms with Crippen molar-refractivity contribution in [3.8, 4) is 0 Å². The fourth-order valence-corrected chi connectivity index (χ4v) is 1.92. The molecule has 1 aliphatic rings. The van der Waals surface area contributed by atoms with Gasteiger partial charge in [-0.3, -0.25) is 0 Å². The molecule has 2 rings (SSSR count). The SMILES string of the molecule is Fc1ccc(C2CNCCO2)c(F)c1Br. The Bertz CT molecular complexity index is 367. The Morgan fingerprint density at radius 2 is 2.20 bits per heavy atom. The van der Waals surface area contributed by atoms with Crippen LogP contribution in [-0.2, 0) is 4.74 Å². The van der Waals surface area contributed by atoms with Crippen molar-refractivity contribution in [2.45, 2.75) is 6.10 Å². The summed E-state index contributed by atoms with van der Waals surface area (Å²) in [6.07, 6.45) is -0.337. The Hall–Kier alpha value is -0.520. The molecule has 1 heterocycles. The first-order valence-electron chi connectivity index (χ1n) is 4.66. The number of halogens is 3. The highest BCUT2D eigenvalue weighted by molar-refractivity contribution is 9.10. The summed E-state index contributed by atoms with van der Waals surface area (Å²) >= 11 is 2.87. The summed E-state index contributed by atoms with van der Waals surface area (Å²) in [5, 5.41) is 3.09. The first-order chi connectivity index (χ1) is 7.20. The summed E-state index contributed by atoms with van der Waals surface area (Å²) in [5.74, 6) is -1.18. The predicted molar refractivity (Wildman–Crippen MR) is 55.6 cm³/mol. The van der Waals surface area contributed by atoms with Crippen LogP contribution in [0.5, 0.6) is 0 Å². The summed E-state index contributed by atoms with van der Waals surface area (Å²) in [4.78, 5) is 0. The topological polar surface area (TPSA) is 21.3 Å². The average Bonchev–Trinajstić information content (AvgIpc) is 2.27. The minimum Gasteiger partial charge on any atom is -0.371 e. The molecule has 1 aromatic carbocycles. The van der Waals surface area contributed by atoms with Gasteiger partial charge in [0.15, 0.2) is 0 Å². The lowest BCUT2D eigenvalue weighted by molar-refractivity contribution is 0.0254. The van der Waals surface area contributed by atoms with Crippen LogP contribution in [0.2, 0.25) is 0 Å². The van der Waals surface area contributed by atoms with Gasteiger partial charge in [0.2, 0.25) is 0 Å². The van der Waals surface area contributed by atoms with Crippen LogP contribution in [0.25, 0.3) is 0 Å². The van der Waals surface area contributed by atoms with Crippen molar-refractivity contribution in [1.29, 1.82) is 0 Å². The van der Waals surface area contributed by atoms with Crippen LogP contribution in [0.15, 0.2) is 16.6 Å². The smallest absolute Gasteiger partial charge is 0.146 e. The normalized spacial score (nSPS) is 21.7. The summed E-state index contributed by atoms with van der Waals surface area (Å²) < 4.78 is 31.9. The molecule has 0 aliphatic carbocycles. The zero-order valence-corrected chi connectivity index (χ0v) is 9.48. The maximum Gasteiger partial charge on any atom is 0.146 e. The van der Waals surface area contributed by atoms with Crippen LogP contribution < -0.4 is 5.32 Å². The quantitative estimate of drug-likeness (QED) is 0.796. The Balaban J connectivity index is 2.31. The second-order valence-corrected chi connectivity index (χ2v) is 4.12. The van der Waals surface area contributed by atoms with Crippen LogP contribution in [0, 0.1) is 11.6 Å². The molecular weight excluding hydrogens is 268 g/mol. The lowest BCUT2D eigenvalue weighted by atomic mass is 10.1. The highest BCUT2D eigenvalue weighted by Crippen LogP contribution is 2.28. The van der Waals surface area contributed by atoms with Crippen molar-refractivity contribution in [3.05, 3.63) is 33.8 Å². The predicted octanol–water partition coefficient (Wildman–Crippen LogP) is 2.39. The molecule has 1 N–H and O–H groups in total. The second kappa shape index (κ2) is 4.55. The molecule has 0 aromatic heterocycles. The van der Waals surface area contributed by atoms with E-state index in [4.69, 9.17) is 4.74 Å². The van der Waals surface area contributed by atoms with Gasteiger partial charge >= 0.3 is 0 Å². The highest BCUT2D eigenvalue weighted by Gasteiger charge is 2.21. The summed E-state index contributed by atoms with van der Waals surface area (Å²) in [6.45, 7) is 1.86. The molecule has 15 heavy (non-hydrogen) atoms. The molecule has 0 radical (unpaired) electrons. The number of hydrogen-bond acceptors (Lipinski definition) is 2. The fraction of sp³-hybridized carbons (Fsp3) is 0.400. The molecule has 1 unspecified atom stereocenters. The molecule has 1 aliphatic heterocycles. The number of nitrogens with one attached hydrogen (secondary N) is 1. The maximum absolute atomic E-state index is 13.7. The third-order valence-electron chi connectivity index (χ3n) is 2.34.